The molecule has 7 nitrogen and oxygen atoms in total. The Bertz CT molecular complexity index is 634. The molecule has 2 N–H and O–H groups in total. The first-order valence-electron chi connectivity index (χ1n) is 8.62. The van der Waals surface area contributed by atoms with Crippen molar-refractivity contribution in [3.63, 3.8) is 0 Å². The molecule has 2 rings (SSSR count). The predicted molar refractivity (Wildman–Crippen MR) is 95.0 cm³/mol. The van der Waals surface area contributed by atoms with Crippen molar-refractivity contribution < 1.29 is 37.3 Å². The fourth-order valence-electron chi connectivity index (χ4n) is 2.39. The van der Waals surface area contributed by atoms with Gasteiger partial charge in [-0.1, -0.05) is 12.1 Å². The van der Waals surface area contributed by atoms with Crippen LogP contribution in [0.4, 0.5) is 13.2 Å². The summed E-state index contributed by atoms with van der Waals surface area (Å²) >= 11 is 0. The number of ether oxygens (including phenoxy) is 2. The molecule has 158 valence electrons. The smallest absolute Gasteiger partial charge is 0.490 e. The molecule has 0 bridgehead atoms. The van der Waals surface area contributed by atoms with Crippen molar-refractivity contribution >= 4 is 11.9 Å². The Kier molecular flexibility index (Phi) is 9.74. The molecule has 0 radical (unpaired) electrons. The molecule has 1 aromatic carbocycles. The van der Waals surface area contributed by atoms with E-state index in [-0.39, 0.29) is 18.6 Å². The average Bonchev–Trinajstić information content (AvgIpc) is 2.66. The van der Waals surface area contributed by atoms with E-state index in [2.05, 4.69) is 5.32 Å². The van der Waals surface area contributed by atoms with Crippen LogP contribution in [0.15, 0.2) is 24.3 Å². The van der Waals surface area contributed by atoms with Gasteiger partial charge in [-0.2, -0.15) is 13.2 Å². The van der Waals surface area contributed by atoms with Crippen LogP contribution in [0.2, 0.25) is 0 Å². The predicted octanol–water partition coefficient (Wildman–Crippen LogP) is 2.06. The number of aliphatic carboxylic acids is 1. The molecular weight excluding hydrogens is 381 g/mol. The Morgan fingerprint density at radius 2 is 1.89 bits per heavy atom. The lowest BCUT2D eigenvalue weighted by Crippen LogP contribution is -2.36. The number of halogens is 3. The monoisotopic (exact) mass is 406 g/mol. The van der Waals surface area contributed by atoms with Crippen LogP contribution in [0.1, 0.15) is 18.4 Å². The van der Waals surface area contributed by atoms with E-state index in [9.17, 15) is 18.0 Å². The van der Waals surface area contributed by atoms with Crippen LogP contribution in [0.3, 0.4) is 0 Å². The highest BCUT2D eigenvalue weighted by Gasteiger charge is 2.38. The Labute approximate surface area is 161 Å². The molecular formula is C18H25F3N2O5. The first-order valence-corrected chi connectivity index (χ1v) is 8.62. The number of likely N-dealkylation sites (N-methyl/N-ethyl adjacent to an activating group) is 1. The maximum atomic E-state index is 12.1. The lowest BCUT2D eigenvalue weighted by Gasteiger charge is -2.24. The van der Waals surface area contributed by atoms with E-state index in [1.165, 1.54) is 0 Å². The number of carbonyl (C=O) groups excluding carboxylic acids is 1. The number of methoxy groups -OCH3 is 1. The highest BCUT2D eigenvalue weighted by atomic mass is 19.4. The zero-order valence-corrected chi connectivity index (χ0v) is 15.8. The SMILES string of the molecule is COc1cccc(CN(C)C(=O)COC2CCNCC2)c1.O=C(O)C(F)(F)F. The molecule has 1 saturated heterocycles. The number of benzene rings is 1. The van der Waals surface area contributed by atoms with Gasteiger partial charge in [0.2, 0.25) is 5.91 Å². The number of hydrogen-bond donors (Lipinski definition) is 2. The van der Waals surface area contributed by atoms with Gasteiger partial charge in [-0.3, -0.25) is 4.79 Å². The Morgan fingerprint density at radius 3 is 2.43 bits per heavy atom. The van der Waals surface area contributed by atoms with Crippen LogP contribution in [-0.4, -0.2) is 68.0 Å². The molecule has 1 heterocycles. The largest absolute Gasteiger partial charge is 0.497 e. The summed E-state index contributed by atoms with van der Waals surface area (Å²) in [4.78, 5) is 22.7. The number of piperidine rings is 1. The third-order valence-electron chi connectivity index (χ3n) is 3.95. The van der Waals surface area contributed by atoms with Gasteiger partial charge in [0.25, 0.3) is 0 Å². The standard InChI is InChI=1S/C16H24N2O3.C2HF3O2/c1-18(11-13-4-3-5-15(10-13)20-2)16(19)12-21-14-6-8-17-9-7-14;3-2(4,5)1(6)7/h3-5,10,14,17H,6-9,11-12H2,1-2H3;(H,6,7). The number of carboxylic acids is 1. The molecule has 0 aliphatic carbocycles. The van der Waals surface area contributed by atoms with Crippen LogP contribution in [-0.2, 0) is 20.9 Å². The fraction of sp³-hybridized carbons (Fsp3) is 0.556. The molecule has 28 heavy (non-hydrogen) atoms. The van der Waals surface area contributed by atoms with E-state index < -0.39 is 12.1 Å². The topological polar surface area (TPSA) is 88.1 Å². The van der Waals surface area contributed by atoms with Crippen molar-refractivity contribution in [2.45, 2.75) is 31.7 Å². The maximum Gasteiger partial charge on any atom is 0.490 e. The molecule has 0 aromatic heterocycles. The Hall–Kier alpha value is -2.33. The Morgan fingerprint density at radius 1 is 1.29 bits per heavy atom. The average molecular weight is 406 g/mol. The highest BCUT2D eigenvalue weighted by molar-refractivity contribution is 5.77. The van der Waals surface area contributed by atoms with E-state index in [1.807, 2.05) is 24.3 Å². The molecule has 1 fully saturated rings. The summed E-state index contributed by atoms with van der Waals surface area (Å²) in [5, 5.41) is 10.4. The van der Waals surface area contributed by atoms with Gasteiger partial charge in [0.1, 0.15) is 12.4 Å². The first kappa shape index (κ1) is 23.7. The minimum absolute atomic E-state index is 0.0105. The molecule has 0 unspecified atom stereocenters. The zero-order chi connectivity index (χ0) is 21.2. The van der Waals surface area contributed by atoms with Gasteiger partial charge in [-0.15, -0.1) is 0 Å². The summed E-state index contributed by atoms with van der Waals surface area (Å²) in [7, 11) is 3.44. The van der Waals surface area contributed by atoms with Crippen molar-refractivity contribution in [2.24, 2.45) is 0 Å². The lowest BCUT2D eigenvalue weighted by atomic mass is 10.1. The van der Waals surface area contributed by atoms with E-state index in [1.54, 1.807) is 19.1 Å². The minimum atomic E-state index is -5.08. The molecule has 1 amide bonds. The number of alkyl halides is 3. The quantitative estimate of drug-likeness (QED) is 0.752. The van der Waals surface area contributed by atoms with Crippen LogP contribution in [0, 0.1) is 0 Å². The number of nitrogens with one attached hydrogen (secondary N) is 1. The van der Waals surface area contributed by atoms with Crippen molar-refractivity contribution in [1.82, 2.24) is 10.2 Å². The summed E-state index contributed by atoms with van der Waals surface area (Å²) in [6.45, 7) is 2.66. The molecule has 0 spiro atoms. The third-order valence-corrected chi connectivity index (χ3v) is 3.95. The summed E-state index contributed by atoms with van der Waals surface area (Å²) < 4.78 is 42.6. The van der Waals surface area contributed by atoms with E-state index in [0.717, 1.165) is 37.2 Å². The van der Waals surface area contributed by atoms with Crippen molar-refractivity contribution in [1.29, 1.82) is 0 Å². The van der Waals surface area contributed by atoms with E-state index >= 15 is 0 Å². The van der Waals surface area contributed by atoms with Crippen molar-refractivity contribution in [3.8, 4) is 5.75 Å². The summed E-state index contributed by atoms with van der Waals surface area (Å²) in [5.74, 6) is -1.94. The number of carboxylic acid groups (broad SMARTS) is 1. The fourth-order valence-corrected chi connectivity index (χ4v) is 2.39. The van der Waals surface area contributed by atoms with Gasteiger partial charge in [0.15, 0.2) is 0 Å². The third kappa shape index (κ3) is 9.05. The van der Waals surface area contributed by atoms with Crippen LogP contribution in [0.25, 0.3) is 0 Å². The highest BCUT2D eigenvalue weighted by Crippen LogP contribution is 2.14. The summed E-state index contributed by atoms with van der Waals surface area (Å²) in [5.41, 5.74) is 1.05. The van der Waals surface area contributed by atoms with Crippen LogP contribution in [0.5, 0.6) is 5.75 Å². The van der Waals surface area contributed by atoms with Crippen molar-refractivity contribution in [3.05, 3.63) is 29.8 Å². The van der Waals surface area contributed by atoms with Gasteiger partial charge < -0.3 is 24.8 Å². The number of hydrogen-bond acceptors (Lipinski definition) is 5. The first-order chi connectivity index (χ1) is 13.1. The molecule has 0 saturated carbocycles. The van der Waals surface area contributed by atoms with Gasteiger partial charge in [-0.05, 0) is 43.6 Å². The van der Waals surface area contributed by atoms with Crippen LogP contribution >= 0.6 is 0 Å². The maximum absolute atomic E-state index is 12.1. The molecule has 10 heteroatoms. The summed E-state index contributed by atoms with van der Waals surface area (Å²) in [6, 6.07) is 7.75. The number of rotatable bonds is 6. The second-order valence-electron chi connectivity index (χ2n) is 6.16. The van der Waals surface area contributed by atoms with Crippen LogP contribution < -0.4 is 10.1 Å². The van der Waals surface area contributed by atoms with E-state index in [0.29, 0.717) is 6.54 Å². The van der Waals surface area contributed by atoms with E-state index in [4.69, 9.17) is 19.4 Å². The lowest BCUT2D eigenvalue weighted by molar-refractivity contribution is -0.192. The Balaban J connectivity index is 0.000000480. The number of carbonyl (C=O) groups is 2. The van der Waals surface area contributed by atoms with Gasteiger partial charge in [0, 0.05) is 13.6 Å². The number of amides is 1. The minimum Gasteiger partial charge on any atom is -0.497 e. The molecule has 1 aliphatic rings. The molecule has 1 aromatic rings. The molecule has 0 atom stereocenters. The second-order valence-corrected chi connectivity index (χ2v) is 6.16. The summed E-state index contributed by atoms with van der Waals surface area (Å²) in [6.07, 6.45) is -2.92. The zero-order valence-electron chi connectivity index (χ0n) is 15.8. The normalized spacial score (nSPS) is 14.6. The number of nitrogens with zero attached hydrogens (tertiary/aromatic N) is 1. The molecule has 1 aliphatic heterocycles. The van der Waals surface area contributed by atoms with Crippen molar-refractivity contribution in [2.75, 3.05) is 33.9 Å². The van der Waals surface area contributed by atoms with Gasteiger partial charge >= 0.3 is 12.1 Å². The van der Waals surface area contributed by atoms with Gasteiger partial charge in [0.05, 0.1) is 13.2 Å². The van der Waals surface area contributed by atoms with Gasteiger partial charge in [-0.25, -0.2) is 4.79 Å². The second kappa shape index (κ2) is 11.5.